The van der Waals surface area contributed by atoms with Crippen LogP contribution in [0.1, 0.15) is 21.9 Å². The number of aromatic nitrogens is 3. The second kappa shape index (κ2) is 5.88. The zero-order chi connectivity index (χ0) is 16.4. The van der Waals surface area contributed by atoms with Gasteiger partial charge in [-0.25, -0.2) is 5.10 Å². The van der Waals surface area contributed by atoms with Gasteiger partial charge in [0.2, 0.25) is 0 Å². The third-order valence-corrected chi connectivity index (χ3v) is 3.38. The highest BCUT2D eigenvalue weighted by molar-refractivity contribution is 6.02. The Bertz CT molecular complexity index is 870. The summed E-state index contributed by atoms with van der Waals surface area (Å²) in [7, 11) is 0. The summed E-state index contributed by atoms with van der Waals surface area (Å²) in [5, 5.41) is 12.6. The Morgan fingerprint density at radius 1 is 1.13 bits per heavy atom. The molecule has 0 atom stereocenters. The molecule has 0 aliphatic rings. The van der Waals surface area contributed by atoms with Crippen molar-refractivity contribution in [2.75, 3.05) is 5.32 Å². The highest BCUT2D eigenvalue weighted by atomic mass is 16.5. The number of nitrogens with zero attached hydrogens (tertiary/aromatic N) is 2. The van der Waals surface area contributed by atoms with Crippen LogP contribution in [-0.2, 0) is 0 Å². The number of carbonyl (C=O) groups is 1. The van der Waals surface area contributed by atoms with Crippen LogP contribution in [0.15, 0.2) is 45.7 Å². The first-order valence-electron chi connectivity index (χ1n) is 6.95. The van der Waals surface area contributed by atoms with Gasteiger partial charge in [0.05, 0.1) is 5.69 Å². The standard InChI is InChI=1S/C16H14N4O3/c1-9-15(10(2)23-20-9)11-3-5-12(6-4-11)17-16(22)13-7-8-14(21)19-18-13/h3-8H,1-2H3,(H,17,22)(H,19,21). The lowest BCUT2D eigenvalue weighted by Crippen LogP contribution is -2.17. The van der Waals surface area contributed by atoms with Crippen LogP contribution in [0.4, 0.5) is 5.69 Å². The fourth-order valence-electron chi connectivity index (χ4n) is 2.28. The summed E-state index contributed by atoms with van der Waals surface area (Å²) in [6, 6.07) is 9.94. The number of H-pyrrole nitrogens is 1. The van der Waals surface area contributed by atoms with Gasteiger partial charge in [-0.3, -0.25) is 9.59 Å². The number of carbonyl (C=O) groups excluding carboxylic acids is 1. The maximum Gasteiger partial charge on any atom is 0.276 e. The van der Waals surface area contributed by atoms with Crippen LogP contribution in [0.3, 0.4) is 0 Å². The molecule has 1 amide bonds. The predicted octanol–water partition coefficient (Wildman–Crippen LogP) is 2.29. The van der Waals surface area contributed by atoms with Crippen molar-refractivity contribution in [2.45, 2.75) is 13.8 Å². The average Bonchev–Trinajstić information content (AvgIpc) is 2.88. The molecule has 0 saturated carbocycles. The quantitative estimate of drug-likeness (QED) is 0.773. The lowest BCUT2D eigenvalue weighted by Gasteiger charge is -2.06. The molecule has 0 bridgehead atoms. The zero-order valence-electron chi connectivity index (χ0n) is 12.6. The average molecular weight is 310 g/mol. The molecule has 23 heavy (non-hydrogen) atoms. The van der Waals surface area contributed by atoms with E-state index in [9.17, 15) is 9.59 Å². The van der Waals surface area contributed by atoms with Gasteiger partial charge in [0.25, 0.3) is 11.5 Å². The van der Waals surface area contributed by atoms with Crippen LogP contribution >= 0.6 is 0 Å². The molecule has 0 unspecified atom stereocenters. The number of amides is 1. The Labute approximate surface area is 131 Å². The van der Waals surface area contributed by atoms with Crippen LogP contribution < -0.4 is 10.9 Å². The number of hydrogen-bond acceptors (Lipinski definition) is 5. The first kappa shape index (κ1) is 14.7. The van der Waals surface area contributed by atoms with E-state index in [1.165, 1.54) is 12.1 Å². The first-order valence-corrected chi connectivity index (χ1v) is 6.95. The van der Waals surface area contributed by atoms with Crippen molar-refractivity contribution in [3.8, 4) is 11.1 Å². The van der Waals surface area contributed by atoms with Gasteiger partial charge in [-0.05, 0) is 37.6 Å². The van der Waals surface area contributed by atoms with E-state index in [0.717, 1.165) is 22.6 Å². The summed E-state index contributed by atoms with van der Waals surface area (Å²) >= 11 is 0. The van der Waals surface area contributed by atoms with Gasteiger partial charge in [0, 0.05) is 17.3 Å². The van der Waals surface area contributed by atoms with Crippen LogP contribution in [0, 0.1) is 13.8 Å². The lowest BCUT2D eigenvalue weighted by molar-refractivity contribution is 0.102. The van der Waals surface area contributed by atoms with Gasteiger partial charge < -0.3 is 9.84 Å². The van der Waals surface area contributed by atoms with Crippen molar-refractivity contribution in [1.29, 1.82) is 0 Å². The van der Waals surface area contributed by atoms with E-state index >= 15 is 0 Å². The molecule has 2 N–H and O–H groups in total. The Hall–Kier alpha value is -3.22. The molecule has 2 aromatic heterocycles. The molecular formula is C16H14N4O3. The lowest BCUT2D eigenvalue weighted by atomic mass is 10.0. The van der Waals surface area contributed by atoms with Gasteiger partial charge in [0.1, 0.15) is 11.5 Å². The molecule has 0 aliphatic heterocycles. The highest BCUT2D eigenvalue weighted by Crippen LogP contribution is 2.27. The molecule has 1 aromatic carbocycles. The van der Waals surface area contributed by atoms with Crippen molar-refractivity contribution in [1.82, 2.24) is 15.4 Å². The fourth-order valence-corrected chi connectivity index (χ4v) is 2.28. The molecule has 7 heteroatoms. The van der Waals surface area contributed by atoms with Crippen LogP contribution in [-0.4, -0.2) is 21.3 Å². The second-order valence-electron chi connectivity index (χ2n) is 5.04. The molecule has 0 saturated heterocycles. The Balaban J connectivity index is 1.79. The Morgan fingerprint density at radius 2 is 1.87 bits per heavy atom. The number of nitrogens with one attached hydrogen (secondary N) is 2. The van der Waals surface area contributed by atoms with Crippen LogP contribution in [0.2, 0.25) is 0 Å². The molecule has 0 spiro atoms. The number of aromatic amines is 1. The van der Waals surface area contributed by atoms with Gasteiger partial charge in [0.15, 0.2) is 0 Å². The smallest absolute Gasteiger partial charge is 0.276 e. The SMILES string of the molecule is Cc1noc(C)c1-c1ccc(NC(=O)c2ccc(=O)[nH]n2)cc1. The molecule has 3 aromatic rings. The van der Waals surface area contributed by atoms with Gasteiger partial charge in [-0.2, -0.15) is 5.10 Å². The topological polar surface area (TPSA) is 101 Å². The van der Waals surface area contributed by atoms with E-state index in [1.807, 2.05) is 26.0 Å². The molecule has 0 fully saturated rings. The van der Waals surface area contributed by atoms with Crippen molar-refractivity contribution in [3.05, 3.63) is 63.9 Å². The number of hydrogen-bond donors (Lipinski definition) is 2. The van der Waals surface area contributed by atoms with Gasteiger partial charge in [-0.15, -0.1) is 0 Å². The summed E-state index contributed by atoms with van der Waals surface area (Å²) in [6.07, 6.45) is 0. The van der Waals surface area contributed by atoms with E-state index < -0.39 is 5.91 Å². The van der Waals surface area contributed by atoms with Crippen molar-refractivity contribution >= 4 is 11.6 Å². The number of rotatable bonds is 3. The van der Waals surface area contributed by atoms with E-state index in [1.54, 1.807) is 12.1 Å². The minimum Gasteiger partial charge on any atom is -0.361 e. The van der Waals surface area contributed by atoms with E-state index in [0.29, 0.717) is 5.69 Å². The zero-order valence-corrected chi connectivity index (χ0v) is 12.6. The maximum atomic E-state index is 12.0. The largest absolute Gasteiger partial charge is 0.361 e. The van der Waals surface area contributed by atoms with Crippen molar-refractivity contribution in [2.24, 2.45) is 0 Å². The number of aryl methyl sites for hydroxylation is 2. The third kappa shape index (κ3) is 3.03. The monoisotopic (exact) mass is 310 g/mol. The molecular weight excluding hydrogens is 296 g/mol. The van der Waals surface area contributed by atoms with Crippen molar-refractivity contribution < 1.29 is 9.32 Å². The predicted molar refractivity (Wildman–Crippen MR) is 84.2 cm³/mol. The molecule has 3 rings (SSSR count). The molecule has 116 valence electrons. The first-order chi connectivity index (χ1) is 11.0. The minimum absolute atomic E-state index is 0.138. The normalized spacial score (nSPS) is 10.5. The van der Waals surface area contributed by atoms with Crippen molar-refractivity contribution in [3.63, 3.8) is 0 Å². The minimum atomic E-state index is -0.397. The number of anilines is 1. The van der Waals surface area contributed by atoms with Gasteiger partial charge in [-0.1, -0.05) is 17.3 Å². The molecule has 0 aliphatic carbocycles. The third-order valence-electron chi connectivity index (χ3n) is 3.38. The summed E-state index contributed by atoms with van der Waals surface area (Å²) in [5.41, 5.74) is 3.13. The molecule has 2 heterocycles. The van der Waals surface area contributed by atoms with E-state index in [2.05, 4.69) is 20.7 Å². The summed E-state index contributed by atoms with van der Waals surface area (Å²) in [6.45, 7) is 3.73. The summed E-state index contributed by atoms with van der Waals surface area (Å²) in [4.78, 5) is 23.0. The Morgan fingerprint density at radius 3 is 2.43 bits per heavy atom. The maximum absolute atomic E-state index is 12.0. The summed E-state index contributed by atoms with van der Waals surface area (Å²) in [5.74, 6) is 0.350. The molecule has 0 radical (unpaired) electrons. The number of benzene rings is 1. The van der Waals surface area contributed by atoms with Crippen LogP contribution in [0.5, 0.6) is 0 Å². The van der Waals surface area contributed by atoms with Gasteiger partial charge >= 0.3 is 0 Å². The van der Waals surface area contributed by atoms with E-state index in [4.69, 9.17) is 4.52 Å². The Kier molecular flexibility index (Phi) is 3.76. The fraction of sp³-hybridized carbons (Fsp3) is 0.125. The highest BCUT2D eigenvalue weighted by Gasteiger charge is 2.12. The molecule has 7 nitrogen and oxygen atoms in total. The summed E-state index contributed by atoms with van der Waals surface area (Å²) < 4.78 is 5.15. The second-order valence-corrected chi connectivity index (χ2v) is 5.04. The van der Waals surface area contributed by atoms with E-state index in [-0.39, 0.29) is 11.3 Å². The van der Waals surface area contributed by atoms with Crippen LogP contribution in [0.25, 0.3) is 11.1 Å².